The van der Waals surface area contributed by atoms with E-state index in [0.29, 0.717) is 12.1 Å². The summed E-state index contributed by atoms with van der Waals surface area (Å²) in [4.78, 5) is 7.92. The van der Waals surface area contributed by atoms with Crippen LogP contribution in [0.3, 0.4) is 0 Å². The molecule has 0 saturated carbocycles. The van der Waals surface area contributed by atoms with Crippen LogP contribution in [0.15, 0.2) is 12.1 Å². The Morgan fingerprint density at radius 1 is 1.40 bits per heavy atom. The smallest absolute Gasteiger partial charge is 0.0328 e. The lowest BCUT2D eigenvalue weighted by Crippen LogP contribution is -2.44. The second-order valence-electron chi connectivity index (χ2n) is 6.38. The molecule has 1 aromatic heterocycles. The van der Waals surface area contributed by atoms with Gasteiger partial charge in [-0.2, -0.15) is 0 Å². The first-order valence-electron chi connectivity index (χ1n) is 7.74. The summed E-state index contributed by atoms with van der Waals surface area (Å²) in [5.74, 6) is 0. The molecule has 4 heteroatoms. The number of likely N-dealkylation sites (tertiary alicyclic amines) is 1. The van der Waals surface area contributed by atoms with Crippen molar-refractivity contribution in [3.63, 3.8) is 0 Å². The third-order valence-corrected chi connectivity index (χ3v) is 5.10. The first-order chi connectivity index (χ1) is 9.54. The molecular weight excluding hydrogens is 266 g/mol. The molecule has 0 amide bonds. The van der Waals surface area contributed by atoms with Gasteiger partial charge in [0.1, 0.15) is 0 Å². The summed E-state index contributed by atoms with van der Waals surface area (Å²) >= 11 is 1.95. The number of hydrogen-bond acceptors (Lipinski definition) is 4. The van der Waals surface area contributed by atoms with Crippen LogP contribution in [0.25, 0.3) is 0 Å². The van der Waals surface area contributed by atoms with E-state index in [-0.39, 0.29) is 0 Å². The second-order valence-corrected chi connectivity index (χ2v) is 7.63. The average molecular weight is 295 g/mol. The number of likely N-dealkylation sites (N-methyl/N-ethyl adjacent to an activating group) is 2. The molecule has 0 aliphatic carbocycles. The lowest BCUT2D eigenvalue weighted by atomic mass is 10.1. The van der Waals surface area contributed by atoms with E-state index in [2.05, 4.69) is 55.2 Å². The van der Waals surface area contributed by atoms with E-state index >= 15 is 0 Å². The van der Waals surface area contributed by atoms with Gasteiger partial charge >= 0.3 is 0 Å². The molecule has 3 nitrogen and oxygen atoms in total. The Morgan fingerprint density at radius 2 is 2.15 bits per heavy atom. The molecule has 2 rings (SSSR count). The van der Waals surface area contributed by atoms with Crippen molar-refractivity contribution in [1.29, 1.82) is 0 Å². The summed E-state index contributed by atoms with van der Waals surface area (Å²) in [5.41, 5.74) is 0. The predicted molar refractivity (Wildman–Crippen MR) is 88.3 cm³/mol. The van der Waals surface area contributed by atoms with Crippen LogP contribution in [0.2, 0.25) is 0 Å². The first kappa shape index (κ1) is 16.0. The van der Waals surface area contributed by atoms with Crippen LogP contribution in [0.5, 0.6) is 0 Å². The molecule has 0 spiro atoms. The predicted octanol–water partition coefficient (Wildman–Crippen LogP) is 2.77. The number of nitrogens with zero attached hydrogens (tertiary/aromatic N) is 2. The maximum atomic E-state index is 3.49. The third kappa shape index (κ3) is 4.85. The van der Waals surface area contributed by atoms with Crippen LogP contribution in [-0.4, -0.2) is 49.1 Å². The number of thiophene rings is 1. The quantitative estimate of drug-likeness (QED) is 0.870. The fraction of sp³-hybridized carbons (Fsp3) is 0.750. The van der Waals surface area contributed by atoms with E-state index in [1.807, 2.05) is 11.3 Å². The minimum Gasteiger partial charge on any atom is -0.310 e. The molecule has 0 aromatic carbocycles. The van der Waals surface area contributed by atoms with Crippen LogP contribution < -0.4 is 5.32 Å². The maximum absolute atomic E-state index is 3.49. The fourth-order valence-corrected chi connectivity index (χ4v) is 3.81. The molecular formula is C16H29N3S. The molecule has 1 aliphatic heterocycles. The lowest BCUT2D eigenvalue weighted by Gasteiger charge is -2.35. The minimum absolute atomic E-state index is 0.556. The standard InChI is InChI=1S/C16H29N3S/c1-13(2)17-10-15-7-8-16(20-15)12-19(4)14-6-5-9-18(3)11-14/h7-8,13-14,17H,5-6,9-12H2,1-4H3. The Hall–Kier alpha value is -0.420. The fourth-order valence-electron chi connectivity index (χ4n) is 2.78. The van der Waals surface area contributed by atoms with Gasteiger partial charge < -0.3 is 10.2 Å². The van der Waals surface area contributed by atoms with Gasteiger partial charge in [-0.05, 0) is 45.6 Å². The number of piperidine rings is 1. The maximum Gasteiger partial charge on any atom is 0.0328 e. The Bertz CT molecular complexity index is 402. The van der Waals surface area contributed by atoms with Gasteiger partial charge in [-0.25, -0.2) is 0 Å². The molecule has 114 valence electrons. The SMILES string of the molecule is CC(C)NCc1ccc(CN(C)C2CCCN(C)C2)s1. The zero-order valence-corrected chi connectivity index (χ0v) is 14.2. The van der Waals surface area contributed by atoms with Gasteiger partial charge in [0.15, 0.2) is 0 Å². The highest BCUT2D eigenvalue weighted by atomic mass is 32.1. The highest BCUT2D eigenvalue weighted by Gasteiger charge is 2.21. The Labute approximate surface area is 128 Å². The van der Waals surface area contributed by atoms with Gasteiger partial charge in [-0.15, -0.1) is 11.3 Å². The summed E-state index contributed by atoms with van der Waals surface area (Å²) in [5, 5.41) is 3.49. The largest absolute Gasteiger partial charge is 0.310 e. The van der Waals surface area contributed by atoms with Crippen molar-refractivity contribution >= 4 is 11.3 Å². The Kier molecular flexibility index (Phi) is 6.02. The van der Waals surface area contributed by atoms with Crippen molar-refractivity contribution in [2.45, 2.75) is 51.9 Å². The van der Waals surface area contributed by atoms with Gasteiger partial charge in [0.05, 0.1) is 0 Å². The zero-order valence-electron chi connectivity index (χ0n) is 13.4. The molecule has 1 aromatic rings. The highest BCUT2D eigenvalue weighted by molar-refractivity contribution is 7.11. The van der Waals surface area contributed by atoms with Crippen molar-refractivity contribution < 1.29 is 0 Å². The van der Waals surface area contributed by atoms with Gasteiger partial charge in [-0.3, -0.25) is 4.90 Å². The van der Waals surface area contributed by atoms with E-state index < -0.39 is 0 Å². The molecule has 1 unspecified atom stereocenters. The van der Waals surface area contributed by atoms with Crippen LogP contribution >= 0.6 is 11.3 Å². The molecule has 1 saturated heterocycles. The zero-order chi connectivity index (χ0) is 14.5. The van der Waals surface area contributed by atoms with Crippen molar-refractivity contribution in [3.05, 3.63) is 21.9 Å². The highest BCUT2D eigenvalue weighted by Crippen LogP contribution is 2.21. The molecule has 1 aliphatic rings. The van der Waals surface area contributed by atoms with Gasteiger partial charge in [0.2, 0.25) is 0 Å². The van der Waals surface area contributed by atoms with E-state index in [4.69, 9.17) is 0 Å². The number of rotatable bonds is 6. The molecule has 0 bridgehead atoms. The van der Waals surface area contributed by atoms with E-state index in [1.165, 1.54) is 35.7 Å². The summed E-state index contributed by atoms with van der Waals surface area (Å²) in [6.07, 6.45) is 2.67. The van der Waals surface area contributed by atoms with Crippen molar-refractivity contribution in [3.8, 4) is 0 Å². The second kappa shape index (κ2) is 7.55. The van der Waals surface area contributed by atoms with E-state index in [1.54, 1.807) is 0 Å². The first-order valence-corrected chi connectivity index (χ1v) is 8.56. The Morgan fingerprint density at radius 3 is 2.85 bits per heavy atom. The van der Waals surface area contributed by atoms with Crippen molar-refractivity contribution in [2.75, 3.05) is 27.2 Å². The molecule has 2 heterocycles. The summed E-state index contributed by atoms with van der Waals surface area (Å²) in [6, 6.07) is 5.84. The Balaban J connectivity index is 1.83. The number of nitrogens with one attached hydrogen (secondary N) is 1. The average Bonchev–Trinajstić information content (AvgIpc) is 2.84. The van der Waals surface area contributed by atoms with Crippen LogP contribution in [0, 0.1) is 0 Å². The van der Waals surface area contributed by atoms with Crippen LogP contribution in [-0.2, 0) is 13.1 Å². The van der Waals surface area contributed by atoms with Crippen molar-refractivity contribution in [1.82, 2.24) is 15.1 Å². The third-order valence-electron chi connectivity index (χ3n) is 4.03. The van der Waals surface area contributed by atoms with E-state index in [0.717, 1.165) is 13.1 Å². The molecule has 20 heavy (non-hydrogen) atoms. The van der Waals surface area contributed by atoms with E-state index in [9.17, 15) is 0 Å². The summed E-state index contributed by atoms with van der Waals surface area (Å²) < 4.78 is 0. The topological polar surface area (TPSA) is 18.5 Å². The minimum atomic E-state index is 0.556. The molecule has 1 N–H and O–H groups in total. The van der Waals surface area contributed by atoms with Crippen molar-refractivity contribution in [2.24, 2.45) is 0 Å². The normalized spacial score (nSPS) is 21.0. The molecule has 1 fully saturated rings. The lowest BCUT2D eigenvalue weighted by molar-refractivity contribution is 0.130. The molecule has 1 atom stereocenters. The van der Waals surface area contributed by atoms with Gasteiger partial charge in [-0.1, -0.05) is 13.8 Å². The monoisotopic (exact) mass is 295 g/mol. The number of hydrogen-bond donors (Lipinski definition) is 1. The van der Waals surface area contributed by atoms with Gasteiger partial charge in [0, 0.05) is 41.5 Å². The summed E-state index contributed by atoms with van der Waals surface area (Å²) in [7, 11) is 4.51. The van der Waals surface area contributed by atoms with Crippen LogP contribution in [0.1, 0.15) is 36.4 Å². The van der Waals surface area contributed by atoms with Gasteiger partial charge in [0.25, 0.3) is 0 Å². The summed E-state index contributed by atoms with van der Waals surface area (Å²) in [6.45, 7) is 8.95. The molecule has 0 radical (unpaired) electrons. The van der Waals surface area contributed by atoms with Crippen LogP contribution in [0.4, 0.5) is 0 Å².